The first kappa shape index (κ1) is 12.6. The Kier molecular flexibility index (Phi) is 3.87. The molecule has 0 aliphatic carbocycles. The average molecular weight is 336 g/mol. The molecule has 0 aliphatic rings. The lowest BCUT2D eigenvalue weighted by atomic mass is 9.92. The monoisotopic (exact) mass is 336 g/mol. The third-order valence-corrected chi connectivity index (χ3v) is 4.16. The quantitative estimate of drug-likeness (QED) is 0.553. The van der Waals surface area contributed by atoms with Crippen LogP contribution in [0.1, 0.15) is 23.6 Å². The van der Waals surface area contributed by atoms with Crippen molar-refractivity contribution in [3.8, 4) is 0 Å². The molecule has 2 aromatic carbocycles. The molecule has 88 valence electrons. The van der Waals surface area contributed by atoms with E-state index in [1.54, 1.807) is 0 Å². The molecule has 17 heavy (non-hydrogen) atoms. The number of halogens is 1. The fraction of sp³-hybridized carbons (Fsp3) is 0.250. The minimum Gasteiger partial charge on any atom is -0.0736 e. The van der Waals surface area contributed by atoms with Crippen molar-refractivity contribution in [3.05, 3.63) is 71.3 Å². The zero-order valence-electron chi connectivity index (χ0n) is 10.3. The van der Waals surface area contributed by atoms with E-state index < -0.39 is 0 Å². The van der Waals surface area contributed by atoms with E-state index in [1.165, 1.54) is 16.7 Å². The van der Waals surface area contributed by atoms with Crippen molar-refractivity contribution < 1.29 is 0 Å². The summed E-state index contributed by atoms with van der Waals surface area (Å²) >= 11 is 2.56. The summed E-state index contributed by atoms with van der Waals surface area (Å²) < 4.78 is 0.158. The first-order valence-electron chi connectivity index (χ1n) is 5.88. The standard InChI is InChI=1S/C16H17I/c1-13-8-6-7-9-14(13)12-16(2,17)15-10-4-3-5-11-15/h3-11H,12H2,1-2H3. The zero-order valence-corrected chi connectivity index (χ0v) is 12.4. The number of hydrogen-bond acceptors (Lipinski definition) is 0. The number of aryl methyl sites for hydroxylation is 1. The van der Waals surface area contributed by atoms with Gasteiger partial charge in [-0.05, 0) is 37.0 Å². The lowest BCUT2D eigenvalue weighted by Crippen LogP contribution is -2.16. The Hall–Kier alpha value is -0.830. The SMILES string of the molecule is Cc1ccccc1CC(C)(I)c1ccccc1. The van der Waals surface area contributed by atoms with Crippen LogP contribution in [0.15, 0.2) is 54.6 Å². The maximum atomic E-state index is 2.56. The smallest absolute Gasteiger partial charge is 0.0482 e. The van der Waals surface area contributed by atoms with Gasteiger partial charge in [-0.15, -0.1) is 0 Å². The molecule has 0 aromatic heterocycles. The molecule has 0 saturated carbocycles. The minimum absolute atomic E-state index is 0.158. The van der Waals surface area contributed by atoms with Gasteiger partial charge in [0.25, 0.3) is 0 Å². The number of hydrogen-bond donors (Lipinski definition) is 0. The highest BCUT2D eigenvalue weighted by atomic mass is 127. The molecule has 0 N–H and O–H groups in total. The van der Waals surface area contributed by atoms with Crippen LogP contribution in [-0.2, 0) is 9.84 Å². The highest BCUT2D eigenvalue weighted by Gasteiger charge is 2.23. The molecule has 0 radical (unpaired) electrons. The largest absolute Gasteiger partial charge is 0.0736 e. The molecule has 0 spiro atoms. The maximum absolute atomic E-state index is 2.56. The van der Waals surface area contributed by atoms with Gasteiger partial charge in [-0.3, -0.25) is 0 Å². The van der Waals surface area contributed by atoms with Crippen molar-refractivity contribution in [2.75, 3.05) is 0 Å². The molecule has 0 amide bonds. The summed E-state index contributed by atoms with van der Waals surface area (Å²) in [4.78, 5) is 0. The number of alkyl halides is 1. The summed E-state index contributed by atoms with van der Waals surface area (Å²) in [5.74, 6) is 0. The second kappa shape index (κ2) is 5.21. The van der Waals surface area contributed by atoms with Crippen LogP contribution in [0.5, 0.6) is 0 Å². The molecular formula is C16H17I. The van der Waals surface area contributed by atoms with Crippen molar-refractivity contribution in [1.82, 2.24) is 0 Å². The van der Waals surface area contributed by atoms with Gasteiger partial charge in [0.05, 0.1) is 0 Å². The fourth-order valence-corrected chi connectivity index (χ4v) is 2.82. The van der Waals surface area contributed by atoms with Gasteiger partial charge in [0.1, 0.15) is 0 Å². The van der Waals surface area contributed by atoms with E-state index in [4.69, 9.17) is 0 Å². The second-order valence-electron chi connectivity index (χ2n) is 4.67. The molecule has 0 heterocycles. The molecule has 2 aromatic rings. The van der Waals surface area contributed by atoms with Crippen molar-refractivity contribution in [2.45, 2.75) is 23.7 Å². The van der Waals surface area contributed by atoms with Gasteiger partial charge in [0, 0.05) is 3.42 Å². The van der Waals surface area contributed by atoms with E-state index >= 15 is 0 Å². The first-order valence-corrected chi connectivity index (χ1v) is 6.96. The molecule has 2 rings (SSSR count). The maximum Gasteiger partial charge on any atom is 0.0482 e. The molecule has 0 saturated heterocycles. The Bertz CT molecular complexity index is 486. The van der Waals surface area contributed by atoms with Gasteiger partial charge < -0.3 is 0 Å². The Labute approximate surface area is 117 Å². The summed E-state index contributed by atoms with van der Waals surface area (Å²) in [6, 6.07) is 19.4. The predicted octanol–water partition coefficient (Wildman–Crippen LogP) is 4.89. The predicted molar refractivity (Wildman–Crippen MR) is 82.7 cm³/mol. The Morgan fingerprint density at radius 3 is 2.18 bits per heavy atom. The Balaban J connectivity index is 2.27. The van der Waals surface area contributed by atoms with Crippen LogP contribution >= 0.6 is 22.6 Å². The lowest BCUT2D eigenvalue weighted by molar-refractivity contribution is 0.721. The molecule has 0 aliphatic heterocycles. The summed E-state index contributed by atoms with van der Waals surface area (Å²) in [5, 5.41) is 0. The topological polar surface area (TPSA) is 0 Å². The Morgan fingerprint density at radius 2 is 1.53 bits per heavy atom. The minimum atomic E-state index is 0.158. The average Bonchev–Trinajstić information content (AvgIpc) is 2.33. The number of benzene rings is 2. The van der Waals surface area contributed by atoms with Crippen molar-refractivity contribution in [3.63, 3.8) is 0 Å². The summed E-state index contributed by atoms with van der Waals surface area (Å²) in [6.45, 7) is 4.49. The van der Waals surface area contributed by atoms with Crippen molar-refractivity contribution in [1.29, 1.82) is 0 Å². The summed E-state index contributed by atoms with van der Waals surface area (Å²) in [6.07, 6.45) is 1.07. The van der Waals surface area contributed by atoms with Gasteiger partial charge in [0.2, 0.25) is 0 Å². The van der Waals surface area contributed by atoms with Crippen LogP contribution < -0.4 is 0 Å². The number of rotatable bonds is 3. The van der Waals surface area contributed by atoms with E-state index in [2.05, 4.69) is 91.0 Å². The molecule has 1 atom stereocenters. The first-order chi connectivity index (χ1) is 8.09. The van der Waals surface area contributed by atoms with Crippen LogP contribution in [0.25, 0.3) is 0 Å². The van der Waals surface area contributed by atoms with Gasteiger partial charge in [0.15, 0.2) is 0 Å². The highest BCUT2D eigenvalue weighted by molar-refractivity contribution is 14.1. The third kappa shape index (κ3) is 3.09. The highest BCUT2D eigenvalue weighted by Crippen LogP contribution is 2.35. The molecular weight excluding hydrogens is 319 g/mol. The second-order valence-corrected chi connectivity index (χ2v) is 7.05. The van der Waals surface area contributed by atoms with Gasteiger partial charge in [-0.1, -0.05) is 77.2 Å². The molecule has 1 unspecified atom stereocenters. The van der Waals surface area contributed by atoms with Crippen molar-refractivity contribution in [2.24, 2.45) is 0 Å². The van der Waals surface area contributed by atoms with E-state index in [0.717, 1.165) is 6.42 Å². The molecule has 0 fully saturated rings. The van der Waals surface area contributed by atoms with E-state index in [9.17, 15) is 0 Å². The van der Waals surface area contributed by atoms with Gasteiger partial charge >= 0.3 is 0 Å². The van der Waals surface area contributed by atoms with Crippen LogP contribution in [0, 0.1) is 6.92 Å². The fourth-order valence-electron chi connectivity index (χ4n) is 2.05. The normalized spacial score (nSPS) is 14.3. The van der Waals surface area contributed by atoms with Crippen LogP contribution in [-0.4, -0.2) is 0 Å². The summed E-state index contributed by atoms with van der Waals surface area (Å²) in [5.41, 5.74) is 4.21. The van der Waals surface area contributed by atoms with E-state index in [0.29, 0.717) is 0 Å². The van der Waals surface area contributed by atoms with Gasteiger partial charge in [-0.25, -0.2) is 0 Å². The molecule has 0 nitrogen and oxygen atoms in total. The zero-order chi connectivity index (χ0) is 12.3. The third-order valence-electron chi connectivity index (χ3n) is 3.16. The Morgan fingerprint density at radius 1 is 0.941 bits per heavy atom. The van der Waals surface area contributed by atoms with Gasteiger partial charge in [-0.2, -0.15) is 0 Å². The molecule has 0 bridgehead atoms. The van der Waals surface area contributed by atoms with Crippen molar-refractivity contribution >= 4 is 22.6 Å². The van der Waals surface area contributed by atoms with Crippen LogP contribution in [0.2, 0.25) is 0 Å². The van der Waals surface area contributed by atoms with E-state index in [1.807, 2.05) is 0 Å². The molecule has 1 heteroatoms. The van der Waals surface area contributed by atoms with Crippen LogP contribution in [0.3, 0.4) is 0 Å². The van der Waals surface area contributed by atoms with Crippen LogP contribution in [0.4, 0.5) is 0 Å². The summed E-state index contributed by atoms with van der Waals surface area (Å²) in [7, 11) is 0. The van der Waals surface area contributed by atoms with E-state index in [-0.39, 0.29) is 3.42 Å². The lowest BCUT2D eigenvalue weighted by Gasteiger charge is -2.24.